The van der Waals surface area contributed by atoms with Crippen LogP contribution < -0.4 is 5.32 Å². The number of rotatable bonds is 7. The molecule has 2 aliphatic rings. The molecule has 2 fully saturated rings. The predicted molar refractivity (Wildman–Crippen MR) is 104 cm³/mol. The van der Waals surface area contributed by atoms with Crippen LogP contribution in [-0.4, -0.2) is 35.8 Å². The molecule has 1 aromatic rings. The van der Waals surface area contributed by atoms with E-state index in [0.717, 1.165) is 32.2 Å². The van der Waals surface area contributed by atoms with Gasteiger partial charge in [0.2, 0.25) is 11.8 Å². The highest BCUT2D eigenvalue weighted by molar-refractivity contribution is 5.80. The molecule has 0 spiro atoms. The van der Waals surface area contributed by atoms with Gasteiger partial charge in [-0.3, -0.25) is 9.59 Å². The Bertz CT molecular complexity index is 641. The number of nitrogens with one attached hydrogen (secondary N) is 1. The summed E-state index contributed by atoms with van der Waals surface area (Å²) in [5.41, 5.74) is 2.80. The second-order valence-electron chi connectivity index (χ2n) is 8.95. The SMILES string of the molecule is CC(C)(C)c1ccc(CCCC(=O)NCC2CC(=O)N(C3CC3)C2)cc1. The normalized spacial score (nSPS) is 20.5. The second kappa shape index (κ2) is 7.81. The molecule has 4 heteroatoms. The van der Waals surface area contributed by atoms with Crippen LogP contribution >= 0.6 is 0 Å². The lowest BCUT2D eigenvalue weighted by molar-refractivity contribution is -0.128. The largest absolute Gasteiger partial charge is 0.356 e. The monoisotopic (exact) mass is 356 g/mol. The lowest BCUT2D eigenvalue weighted by atomic mass is 9.86. The first-order chi connectivity index (χ1) is 12.3. The van der Waals surface area contributed by atoms with Crippen molar-refractivity contribution >= 4 is 11.8 Å². The van der Waals surface area contributed by atoms with Crippen LogP contribution in [0.5, 0.6) is 0 Å². The predicted octanol–water partition coefficient (Wildman–Crippen LogP) is 3.43. The summed E-state index contributed by atoms with van der Waals surface area (Å²) < 4.78 is 0. The van der Waals surface area contributed by atoms with Gasteiger partial charge in [0.15, 0.2) is 0 Å². The summed E-state index contributed by atoms with van der Waals surface area (Å²) in [6.07, 6.45) is 5.24. The van der Waals surface area contributed by atoms with Gasteiger partial charge in [-0.25, -0.2) is 0 Å². The Balaban J connectivity index is 1.33. The Kier molecular flexibility index (Phi) is 5.69. The first kappa shape index (κ1) is 18.9. The Hall–Kier alpha value is -1.84. The highest BCUT2D eigenvalue weighted by Crippen LogP contribution is 2.32. The van der Waals surface area contributed by atoms with Gasteiger partial charge < -0.3 is 10.2 Å². The first-order valence-corrected chi connectivity index (χ1v) is 9.98. The number of likely N-dealkylation sites (tertiary alicyclic amines) is 1. The van der Waals surface area contributed by atoms with Crippen LogP contribution in [-0.2, 0) is 21.4 Å². The maximum Gasteiger partial charge on any atom is 0.223 e. The molecule has 1 heterocycles. The van der Waals surface area contributed by atoms with Crippen molar-refractivity contribution in [2.45, 2.75) is 70.8 Å². The van der Waals surface area contributed by atoms with Gasteiger partial charge in [-0.05, 0) is 42.2 Å². The highest BCUT2D eigenvalue weighted by Gasteiger charge is 2.39. The van der Waals surface area contributed by atoms with Crippen LogP contribution in [0.1, 0.15) is 64.0 Å². The number of hydrogen-bond acceptors (Lipinski definition) is 2. The van der Waals surface area contributed by atoms with Crippen molar-refractivity contribution < 1.29 is 9.59 Å². The third kappa shape index (κ3) is 5.09. The van der Waals surface area contributed by atoms with Gasteiger partial charge >= 0.3 is 0 Å². The minimum absolute atomic E-state index is 0.105. The molecule has 26 heavy (non-hydrogen) atoms. The number of aryl methyl sites for hydroxylation is 1. The first-order valence-electron chi connectivity index (χ1n) is 9.98. The summed E-state index contributed by atoms with van der Waals surface area (Å²) in [5.74, 6) is 0.663. The van der Waals surface area contributed by atoms with Crippen LogP contribution in [0.4, 0.5) is 0 Å². The maximum absolute atomic E-state index is 12.1. The number of carbonyl (C=O) groups excluding carboxylic acids is 2. The van der Waals surface area contributed by atoms with Crippen molar-refractivity contribution in [1.29, 1.82) is 0 Å². The summed E-state index contributed by atoms with van der Waals surface area (Å²) in [6, 6.07) is 9.23. The molecule has 3 rings (SSSR count). The molecule has 0 bridgehead atoms. The van der Waals surface area contributed by atoms with Crippen molar-refractivity contribution in [1.82, 2.24) is 10.2 Å². The minimum atomic E-state index is 0.105. The van der Waals surface area contributed by atoms with E-state index in [-0.39, 0.29) is 23.1 Å². The van der Waals surface area contributed by atoms with Crippen molar-refractivity contribution in [3.05, 3.63) is 35.4 Å². The van der Waals surface area contributed by atoms with E-state index in [9.17, 15) is 9.59 Å². The highest BCUT2D eigenvalue weighted by atomic mass is 16.2. The molecule has 0 aromatic heterocycles. The average Bonchev–Trinajstić information content (AvgIpc) is 3.35. The number of nitrogens with zero attached hydrogens (tertiary/aromatic N) is 1. The van der Waals surface area contributed by atoms with Crippen LogP contribution in [0.15, 0.2) is 24.3 Å². The average molecular weight is 357 g/mol. The van der Waals surface area contributed by atoms with Crippen LogP contribution in [0.25, 0.3) is 0 Å². The summed E-state index contributed by atoms with van der Waals surface area (Å²) in [5, 5.41) is 3.02. The van der Waals surface area contributed by atoms with Gasteiger partial charge in [-0.1, -0.05) is 45.0 Å². The fourth-order valence-corrected chi connectivity index (χ4v) is 3.66. The summed E-state index contributed by atoms with van der Waals surface area (Å²) in [6.45, 7) is 8.11. The number of carbonyl (C=O) groups is 2. The van der Waals surface area contributed by atoms with Gasteiger partial charge in [0.1, 0.15) is 0 Å². The van der Waals surface area contributed by atoms with E-state index in [1.165, 1.54) is 11.1 Å². The van der Waals surface area contributed by atoms with Gasteiger partial charge in [0.05, 0.1) is 0 Å². The van der Waals surface area contributed by atoms with Crippen molar-refractivity contribution in [3.63, 3.8) is 0 Å². The number of benzene rings is 1. The Morgan fingerprint density at radius 3 is 2.50 bits per heavy atom. The topological polar surface area (TPSA) is 49.4 Å². The minimum Gasteiger partial charge on any atom is -0.356 e. The van der Waals surface area contributed by atoms with Crippen molar-refractivity contribution in [2.24, 2.45) is 5.92 Å². The second-order valence-corrected chi connectivity index (χ2v) is 8.95. The molecule has 1 saturated carbocycles. The fourth-order valence-electron chi connectivity index (χ4n) is 3.66. The van der Waals surface area contributed by atoms with E-state index < -0.39 is 0 Å². The van der Waals surface area contributed by atoms with Crippen LogP contribution in [0.2, 0.25) is 0 Å². The third-order valence-corrected chi connectivity index (χ3v) is 5.50. The molecule has 2 amide bonds. The van der Waals surface area contributed by atoms with Gasteiger partial charge in [-0.2, -0.15) is 0 Å². The quantitative estimate of drug-likeness (QED) is 0.814. The zero-order chi connectivity index (χ0) is 18.7. The number of amides is 2. The lowest BCUT2D eigenvalue weighted by Crippen LogP contribution is -2.31. The Morgan fingerprint density at radius 1 is 1.19 bits per heavy atom. The Morgan fingerprint density at radius 2 is 1.88 bits per heavy atom. The molecule has 1 unspecified atom stereocenters. The van der Waals surface area contributed by atoms with Gasteiger partial charge in [0.25, 0.3) is 0 Å². The van der Waals surface area contributed by atoms with Crippen molar-refractivity contribution in [3.8, 4) is 0 Å². The summed E-state index contributed by atoms with van der Waals surface area (Å²) in [7, 11) is 0. The molecule has 1 aliphatic carbocycles. The lowest BCUT2D eigenvalue weighted by Gasteiger charge is -2.19. The zero-order valence-electron chi connectivity index (χ0n) is 16.4. The van der Waals surface area contributed by atoms with E-state index >= 15 is 0 Å². The Labute approximate surface area is 157 Å². The third-order valence-electron chi connectivity index (χ3n) is 5.50. The van der Waals surface area contributed by atoms with E-state index in [4.69, 9.17) is 0 Å². The van der Waals surface area contributed by atoms with Crippen molar-refractivity contribution in [2.75, 3.05) is 13.1 Å². The molecular weight excluding hydrogens is 324 g/mol. The van der Waals surface area contributed by atoms with Crippen LogP contribution in [0.3, 0.4) is 0 Å². The van der Waals surface area contributed by atoms with E-state index in [1.54, 1.807) is 0 Å². The molecule has 142 valence electrons. The fraction of sp³-hybridized carbons (Fsp3) is 0.636. The molecule has 1 aliphatic heterocycles. The van der Waals surface area contributed by atoms with E-state index in [1.807, 2.05) is 4.90 Å². The summed E-state index contributed by atoms with van der Waals surface area (Å²) >= 11 is 0. The molecular formula is C22H32N2O2. The van der Waals surface area contributed by atoms with E-state index in [0.29, 0.717) is 25.4 Å². The molecule has 1 atom stereocenters. The van der Waals surface area contributed by atoms with Gasteiger partial charge in [-0.15, -0.1) is 0 Å². The standard InChI is InChI=1S/C22H32N2O2/c1-22(2,3)18-9-7-16(8-10-18)5-4-6-20(25)23-14-17-13-21(26)24(15-17)19-11-12-19/h7-10,17,19H,4-6,11-15H2,1-3H3,(H,23,25). The zero-order valence-corrected chi connectivity index (χ0v) is 16.4. The molecule has 1 aromatic carbocycles. The summed E-state index contributed by atoms with van der Waals surface area (Å²) in [4.78, 5) is 26.0. The maximum atomic E-state index is 12.1. The molecule has 1 N–H and O–H groups in total. The van der Waals surface area contributed by atoms with Gasteiger partial charge in [0, 0.05) is 37.9 Å². The molecule has 4 nitrogen and oxygen atoms in total. The smallest absolute Gasteiger partial charge is 0.223 e. The molecule has 0 radical (unpaired) electrons. The molecule has 1 saturated heterocycles. The number of hydrogen-bond donors (Lipinski definition) is 1. The van der Waals surface area contributed by atoms with E-state index in [2.05, 4.69) is 50.4 Å². The van der Waals surface area contributed by atoms with Crippen LogP contribution in [0, 0.1) is 5.92 Å².